The maximum Gasteiger partial charge on any atom is 0.355 e. The summed E-state index contributed by atoms with van der Waals surface area (Å²) in [5.41, 5.74) is 6.74. The predicted octanol–water partition coefficient (Wildman–Crippen LogP) is 3.80. The minimum atomic E-state index is -0.578. The highest BCUT2D eigenvalue weighted by Gasteiger charge is 2.17. The smallest absolute Gasteiger partial charge is 0.355 e. The Balaban J connectivity index is 2.14. The van der Waals surface area contributed by atoms with E-state index in [9.17, 15) is 9.18 Å². The molecule has 1 aromatic heterocycles. The van der Waals surface area contributed by atoms with Gasteiger partial charge >= 0.3 is 5.97 Å². The van der Waals surface area contributed by atoms with E-state index in [1.54, 1.807) is 16.8 Å². The number of nitrogen functional groups attached to an aromatic ring is 1. The van der Waals surface area contributed by atoms with Gasteiger partial charge in [-0.05, 0) is 26.0 Å². The SMILES string of the molecule is CC(C)n1cc(N)cc1C(=O)OCc1cccc(Cl)c1F. The van der Waals surface area contributed by atoms with E-state index in [0.717, 1.165) is 0 Å². The first kappa shape index (κ1) is 15.4. The number of nitrogens with zero attached hydrogens (tertiary/aromatic N) is 1. The normalized spacial score (nSPS) is 10.9. The van der Waals surface area contributed by atoms with Crippen molar-refractivity contribution in [1.29, 1.82) is 0 Å². The van der Waals surface area contributed by atoms with E-state index in [2.05, 4.69) is 0 Å². The van der Waals surface area contributed by atoms with Crippen molar-refractivity contribution in [3.05, 3.63) is 52.6 Å². The largest absolute Gasteiger partial charge is 0.456 e. The molecule has 4 nitrogen and oxygen atoms in total. The van der Waals surface area contributed by atoms with Crippen LogP contribution in [0.25, 0.3) is 0 Å². The standard InChI is InChI=1S/C15H16ClFN2O2/c1-9(2)19-7-11(18)6-13(19)15(20)21-8-10-4-3-5-12(16)14(10)17/h3-7,9H,8,18H2,1-2H3. The molecule has 0 saturated carbocycles. The molecule has 2 aromatic rings. The van der Waals surface area contributed by atoms with Crippen molar-refractivity contribution in [3.8, 4) is 0 Å². The van der Waals surface area contributed by atoms with Crippen LogP contribution in [0.1, 0.15) is 35.9 Å². The van der Waals surface area contributed by atoms with Crippen LogP contribution in [-0.4, -0.2) is 10.5 Å². The molecule has 1 heterocycles. The summed E-state index contributed by atoms with van der Waals surface area (Å²) in [7, 11) is 0. The number of carbonyl (C=O) groups excluding carboxylic acids is 1. The minimum absolute atomic E-state index is 0.00153. The van der Waals surface area contributed by atoms with E-state index in [1.807, 2.05) is 13.8 Å². The van der Waals surface area contributed by atoms with Crippen molar-refractivity contribution in [1.82, 2.24) is 4.57 Å². The van der Waals surface area contributed by atoms with Gasteiger partial charge in [-0.3, -0.25) is 0 Å². The number of ether oxygens (including phenoxy) is 1. The highest BCUT2D eigenvalue weighted by atomic mass is 35.5. The van der Waals surface area contributed by atoms with Crippen molar-refractivity contribution in [2.45, 2.75) is 26.5 Å². The van der Waals surface area contributed by atoms with Gasteiger partial charge in [-0.25, -0.2) is 9.18 Å². The Morgan fingerprint density at radius 3 is 2.86 bits per heavy atom. The Labute approximate surface area is 127 Å². The fourth-order valence-electron chi connectivity index (χ4n) is 1.97. The molecule has 0 unspecified atom stereocenters. The second-order valence-electron chi connectivity index (χ2n) is 4.95. The number of nitrogens with two attached hydrogens (primary N) is 1. The zero-order valence-corrected chi connectivity index (χ0v) is 12.5. The van der Waals surface area contributed by atoms with E-state index < -0.39 is 11.8 Å². The van der Waals surface area contributed by atoms with Crippen LogP contribution in [0.15, 0.2) is 30.5 Å². The van der Waals surface area contributed by atoms with E-state index in [4.69, 9.17) is 22.1 Å². The number of hydrogen-bond acceptors (Lipinski definition) is 3. The Hall–Kier alpha value is -2.01. The monoisotopic (exact) mass is 310 g/mol. The van der Waals surface area contributed by atoms with Crippen molar-refractivity contribution < 1.29 is 13.9 Å². The number of halogens is 2. The zero-order valence-electron chi connectivity index (χ0n) is 11.8. The Morgan fingerprint density at radius 1 is 1.48 bits per heavy atom. The Morgan fingerprint density at radius 2 is 2.19 bits per heavy atom. The van der Waals surface area contributed by atoms with Crippen molar-refractivity contribution in [3.63, 3.8) is 0 Å². The maximum absolute atomic E-state index is 13.7. The van der Waals surface area contributed by atoms with Gasteiger partial charge in [-0.2, -0.15) is 0 Å². The summed E-state index contributed by atoms with van der Waals surface area (Å²) in [6.07, 6.45) is 1.67. The van der Waals surface area contributed by atoms with Gasteiger partial charge in [0.05, 0.1) is 10.7 Å². The number of esters is 1. The third-order valence-corrected chi connectivity index (χ3v) is 3.32. The van der Waals surface area contributed by atoms with Crippen LogP contribution in [0.4, 0.5) is 10.1 Å². The van der Waals surface area contributed by atoms with E-state index >= 15 is 0 Å². The fourth-order valence-corrected chi connectivity index (χ4v) is 2.16. The highest BCUT2D eigenvalue weighted by Crippen LogP contribution is 2.20. The van der Waals surface area contributed by atoms with Gasteiger partial charge in [-0.15, -0.1) is 0 Å². The molecule has 6 heteroatoms. The minimum Gasteiger partial charge on any atom is -0.456 e. The van der Waals surface area contributed by atoms with Gasteiger partial charge in [0.15, 0.2) is 0 Å². The molecule has 2 rings (SSSR count). The molecule has 0 fully saturated rings. The van der Waals surface area contributed by atoms with Gasteiger partial charge in [0.1, 0.15) is 18.1 Å². The van der Waals surface area contributed by atoms with Crippen LogP contribution >= 0.6 is 11.6 Å². The Bertz CT molecular complexity index is 668. The third-order valence-electron chi connectivity index (χ3n) is 3.03. The van der Waals surface area contributed by atoms with Gasteiger partial charge in [-0.1, -0.05) is 23.7 Å². The third kappa shape index (κ3) is 3.36. The summed E-state index contributed by atoms with van der Waals surface area (Å²) in [6.45, 7) is 3.66. The molecule has 0 bridgehead atoms. The first-order valence-corrected chi connectivity index (χ1v) is 6.85. The molecule has 0 spiro atoms. The van der Waals surface area contributed by atoms with Crippen LogP contribution in [0.3, 0.4) is 0 Å². The second-order valence-corrected chi connectivity index (χ2v) is 5.36. The van der Waals surface area contributed by atoms with E-state index in [-0.39, 0.29) is 23.2 Å². The molecule has 0 radical (unpaired) electrons. The highest BCUT2D eigenvalue weighted by molar-refractivity contribution is 6.30. The van der Waals surface area contributed by atoms with Crippen molar-refractivity contribution >= 4 is 23.3 Å². The summed E-state index contributed by atoms with van der Waals surface area (Å²) in [4.78, 5) is 12.1. The van der Waals surface area contributed by atoms with Crippen LogP contribution in [-0.2, 0) is 11.3 Å². The zero-order chi connectivity index (χ0) is 15.6. The number of anilines is 1. The summed E-state index contributed by atoms with van der Waals surface area (Å²) >= 11 is 5.68. The maximum atomic E-state index is 13.7. The van der Waals surface area contributed by atoms with Crippen LogP contribution in [0, 0.1) is 5.82 Å². The molecule has 0 saturated heterocycles. The first-order chi connectivity index (χ1) is 9.90. The fraction of sp³-hybridized carbons (Fsp3) is 0.267. The summed E-state index contributed by atoms with van der Waals surface area (Å²) in [5.74, 6) is -1.13. The van der Waals surface area contributed by atoms with Crippen LogP contribution in [0.2, 0.25) is 5.02 Å². The number of carbonyl (C=O) groups is 1. The first-order valence-electron chi connectivity index (χ1n) is 6.47. The molecule has 0 aliphatic carbocycles. The topological polar surface area (TPSA) is 57.2 Å². The summed E-state index contributed by atoms with van der Waals surface area (Å²) < 4.78 is 20.6. The number of rotatable bonds is 4. The van der Waals surface area contributed by atoms with Gasteiger partial charge in [0.25, 0.3) is 0 Å². The molecular weight excluding hydrogens is 295 g/mol. The van der Waals surface area contributed by atoms with Gasteiger partial charge in [0.2, 0.25) is 0 Å². The molecule has 21 heavy (non-hydrogen) atoms. The second kappa shape index (κ2) is 6.18. The molecule has 112 valence electrons. The average molecular weight is 311 g/mol. The Kier molecular flexibility index (Phi) is 4.53. The molecule has 1 aromatic carbocycles. The average Bonchev–Trinajstić information content (AvgIpc) is 2.82. The number of hydrogen-bond donors (Lipinski definition) is 1. The quantitative estimate of drug-likeness (QED) is 0.874. The van der Waals surface area contributed by atoms with Crippen LogP contribution in [0.5, 0.6) is 0 Å². The molecular formula is C15H16ClFN2O2. The lowest BCUT2D eigenvalue weighted by atomic mass is 10.2. The lowest BCUT2D eigenvalue weighted by Crippen LogP contribution is -2.13. The summed E-state index contributed by atoms with van der Waals surface area (Å²) in [5, 5.41) is -0.00153. The number of benzene rings is 1. The lowest BCUT2D eigenvalue weighted by Gasteiger charge is -2.12. The molecule has 0 aliphatic rings. The predicted molar refractivity (Wildman–Crippen MR) is 79.8 cm³/mol. The molecule has 2 N–H and O–H groups in total. The molecule has 0 atom stereocenters. The van der Waals surface area contributed by atoms with E-state index in [0.29, 0.717) is 11.4 Å². The van der Waals surface area contributed by atoms with Crippen molar-refractivity contribution in [2.75, 3.05) is 5.73 Å². The summed E-state index contributed by atoms with van der Waals surface area (Å²) in [6, 6.07) is 6.16. The molecule has 0 aliphatic heterocycles. The van der Waals surface area contributed by atoms with E-state index in [1.165, 1.54) is 18.2 Å². The van der Waals surface area contributed by atoms with Gasteiger partial charge < -0.3 is 15.0 Å². The van der Waals surface area contributed by atoms with Crippen LogP contribution < -0.4 is 5.73 Å². The van der Waals surface area contributed by atoms with Crippen molar-refractivity contribution in [2.24, 2.45) is 0 Å². The van der Waals surface area contributed by atoms with Gasteiger partial charge in [0, 0.05) is 17.8 Å². The molecule has 0 amide bonds. The lowest BCUT2D eigenvalue weighted by molar-refractivity contribution is 0.0454. The number of aromatic nitrogens is 1.